The summed E-state index contributed by atoms with van der Waals surface area (Å²) in [7, 11) is 1.37. The third-order valence-corrected chi connectivity index (χ3v) is 5.78. The standard InChI is InChI=1S/C23H29N3O4/c1-5-19-15(2)20(22(27)28)21(24-16(19)3)26-12-10-25(11-13-26)14-17-6-8-18(9-7-17)23(29)30-4/h6-9H,5,10-14H2,1-4H3,(H,27,28). The lowest BCUT2D eigenvalue weighted by Crippen LogP contribution is -2.46. The molecule has 0 unspecified atom stereocenters. The zero-order chi connectivity index (χ0) is 21.8. The van der Waals surface area contributed by atoms with Crippen molar-refractivity contribution in [3.05, 3.63) is 57.8 Å². The second-order valence-corrected chi connectivity index (χ2v) is 7.61. The van der Waals surface area contributed by atoms with E-state index in [2.05, 4.69) is 14.8 Å². The number of carboxylic acids is 1. The van der Waals surface area contributed by atoms with E-state index in [4.69, 9.17) is 4.74 Å². The lowest BCUT2D eigenvalue weighted by Gasteiger charge is -2.36. The third-order valence-electron chi connectivity index (χ3n) is 5.78. The van der Waals surface area contributed by atoms with E-state index in [1.165, 1.54) is 7.11 Å². The average molecular weight is 412 g/mol. The largest absolute Gasteiger partial charge is 0.478 e. The number of esters is 1. The Morgan fingerprint density at radius 1 is 1.10 bits per heavy atom. The van der Waals surface area contributed by atoms with Crippen molar-refractivity contribution in [1.29, 1.82) is 0 Å². The van der Waals surface area contributed by atoms with Gasteiger partial charge in [0.15, 0.2) is 0 Å². The molecular weight excluding hydrogens is 382 g/mol. The predicted molar refractivity (Wildman–Crippen MR) is 115 cm³/mol. The summed E-state index contributed by atoms with van der Waals surface area (Å²) in [6.45, 7) is 9.71. The molecule has 7 nitrogen and oxygen atoms in total. The van der Waals surface area contributed by atoms with Gasteiger partial charge in [0.25, 0.3) is 0 Å². The summed E-state index contributed by atoms with van der Waals surface area (Å²) >= 11 is 0. The van der Waals surface area contributed by atoms with Gasteiger partial charge in [-0.2, -0.15) is 0 Å². The van der Waals surface area contributed by atoms with Crippen molar-refractivity contribution in [3.8, 4) is 0 Å². The van der Waals surface area contributed by atoms with Gasteiger partial charge in [-0.05, 0) is 49.1 Å². The number of ether oxygens (including phenoxy) is 1. The molecule has 0 amide bonds. The molecule has 2 aromatic rings. The number of benzene rings is 1. The fourth-order valence-corrected chi connectivity index (χ4v) is 4.12. The summed E-state index contributed by atoms with van der Waals surface area (Å²) in [5.41, 5.74) is 4.73. The van der Waals surface area contributed by atoms with E-state index in [1.54, 1.807) is 12.1 Å². The number of nitrogens with zero attached hydrogens (tertiary/aromatic N) is 3. The molecule has 1 aliphatic rings. The Hall–Kier alpha value is -2.93. The zero-order valence-electron chi connectivity index (χ0n) is 18.1. The molecule has 1 saturated heterocycles. The molecule has 1 aliphatic heterocycles. The van der Waals surface area contributed by atoms with Crippen LogP contribution in [0.2, 0.25) is 0 Å². The number of hydrogen-bond acceptors (Lipinski definition) is 6. The summed E-state index contributed by atoms with van der Waals surface area (Å²) in [5.74, 6) is -0.675. The number of pyridine rings is 1. The van der Waals surface area contributed by atoms with Crippen molar-refractivity contribution in [2.75, 3.05) is 38.2 Å². The molecule has 0 spiro atoms. The molecule has 0 radical (unpaired) electrons. The minimum Gasteiger partial charge on any atom is -0.478 e. The summed E-state index contributed by atoms with van der Waals surface area (Å²) < 4.78 is 4.74. The quantitative estimate of drug-likeness (QED) is 0.732. The van der Waals surface area contributed by atoms with Gasteiger partial charge in [-0.1, -0.05) is 19.1 Å². The molecule has 160 valence electrons. The van der Waals surface area contributed by atoms with Crippen LogP contribution in [0.15, 0.2) is 24.3 Å². The highest BCUT2D eigenvalue weighted by Crippen LogP contribution is 2.28. The maximum absolute atomic E-state index is 12.0. The number of aromatic nitrogens is 1. The van der Waals surface area contributed by atoms with Crippen LogP contribution in [0.4, 0.5) is 5.82 Å². The average Bonchev–Trinajstić information content (AvgIpc) is 2.74. The number of carbonyl (C=O) groups excluding carboxylic acids is 1. The number of carbonyl (C=O) groups is 2. The van der Waals surface area contributed by atoms with E-state index in [1.807, 2.05) is 32.9 Å². The van der Waals surface area contributed by atoms with Crippen LogP contribution in [0, 0.1) is 13.8 Å². The molecule has 1 aromatic carbocycles. The van der Waals surface area contributed by atoms with Crippen molar-refractivity contribution in [2.45, 2.75) is 33.7 Å². The Morgan fingerprint density at radius 2 is 1.73 bits per heavy atom. The number of piperazine rings is 1. The molecule has 0 atom stereocenters. The number of methoxy groups -OCH3 is 1. The Morgan fingerprint density at radius 3 is 2.27 bits per heavy atom. The minimum absolute atomic E-state index is 0.323. The first-order valence-electron chi connectivity index (χ1n) is 10.2. The number of rotatable bonds is 6. The van der Waals surface area contributed by atoms with Gasteiger partial charge in [-0.25, -0.2) is 14.6 Å². The second kappa shape index (κ2) is 9.26. The van der Waals surface area contributed by atoms with Gasteiger partial charge in [0.05, 0.1) is 12.7 Å². The van der Waals surface area contributed by atoms with Gasteiger partial charge in [0.1, 0.15) is 11.4 Å². The molecule has 30 heavy (non-hydrogen) atoms. The Bertz CT molecular complexity index is 932. The second-order valence-electron chi connectivity index (χ2n) is 7.61. The van der Waals surface area contributed by atoms with Crippen LogP contribution >= 0.6 is 0 Å². The van der Waals surface area contributed by atoms with Gasteiger partial charge in [0.2, 0.25) is 0 Å². The molecule has 3 rings (SSSR count). The number of aryl methyl sites for hydroxylation is 1. The van der Waals surface area contributed by atoms with Crippen LogP contribution in [-0.2, 0) is 17.7 Å². The Balaban J connectivity index is 1.70. The van der Waals surface area contributed by atoms with Crippen LogP contribution in [0.25, 0.3) is 0 Å². The number of carboxylic acid groups (broad SMARTS) is 1. The highest BCUT2D eigenvalue weighted by atomic mass is 16.5. The van der Waals surface area contributed by atoms with Crippen molar-refractivity contribution in [2.24, 2.45) is 0 Å². The van der Waals surface area contributed by atoms with Crippen molar-refractivity contribution >= 4 is 17.8 Å². The first kappa shape index (κ1) is 21.8. The molecule has 2 heterocycles. The van der Waals surface area contributed by atoms with Gasteiger partial charge in [0, 0.05) is 38.4 Å². The number of aromatic carboxylic acids is 1. The van der Waals surface area contributed by atoms with Gasteiger partial charge in [-0.3, -0.25) is 4.90 Å². The maximum Gasteiger partial charge on any atom is 0.339 e. The van der Waals surface area contributed by atoms with Crippen molar-refractivity contribution in [1.82, 2.24) is 9.88 Å². The smallest absolute Gasteiger partial charge is 0.339 e. The first-order valence-corrected chi connectivity index (χ1v) is 10.2. The fourth-order valence-electron chi connectivity index (χ4n) is 4.12. The zero-order valence-corrected chi connectivity index (χ0v) is 18.1. The number of hydrogen-bond donors (Lipinski definition) is 1. The lowest BCUT2D eigenvalue weighted by molar-refractivity contribution is 0.0599. The van der Waals surface area contributed by atoms with Gasteiger partial charge in [-0.15, -0.1) is 0 Å². The van der Waals surface area contributed by atoms with Crippen LogP contribution in [0.1, 0.15) is 50.0 Å². The molecule has 1 fully saturated rings. The Labute approximate surface area is 177 Å². The fraction of sp³-hybridized carbons (Fsp3) is 0.435. The lowest BCUT2D eigenvalue weighted by atomic mass is 9.99. The summed E-state index contributed by atoms with van der Waals surface area (Å²) in [4.78, 5) is 32.6. The molecule has 0 bridgehead atoms. The van der Waals surface area contributed by atoms with Crippen LogP contribution in [0.3, 0.4) is 0 Å². The van der Waals surface area contributed by atoms with Crippen LogP contribution in [0.5, 0.6) is 0 Å². The van der Waals surface area contributed by atoms with Crippen LogP contribution in [-0.4, -0.2) is 60.2 Å². The Kier molecular flexibility index (Phi) is 6.72. The van der Waals surface area contributed by atoms with Gasteiger partial charge < -0.3 is 14.7 Å². The first-order chi connectivity index (χ1) is 14.3. The highest BCUT2D eigenvalue weighted by molar-refractivity contribution is 5.95. The summed E-state index contributed by atoms with van der Waals surface area (Å²) in [5, 5.41) is 9.80. The van der Waals surface area contributed by atoms with E-state index in [9.17, 15) is 14.7 Å². The van der Waals surface area contributed by atoms with E-state index in [0.29, 0.717) is 16.9 Å². The molecule has 0 saturated carbocycles. The van der Waals surface area contributed by atoms with E-state index in [-0.39, 0.29) is 5.97 Å². The number of anilines is 1. The molecule has 7 heteroatoms. The maximum atomic E-state index is 12.0. The van der Waals surface area contributed by atoms with Gasteiger partial charge >= 0.3 is 11.9 Å². The summed E-state index contributed by atoms with van der Waals surface area (Å²) in [6, 6.07) is 7.44. The molecule has 0 aliphatic carbocycles. The molecule has 1 N–H and O–H groups in total. The van der Waals surface area contributed by atoms with Crippen molar-refractivity contribution in [3.63, 3.8) is 0 Å². The topological polar surface area (TPSA) is 83.0 Å². The summed E-state index contributed by atoms with van der Waals surface area (Å²) in [6.07, 6.45) is 0.772. The van der Waals surface area contributed by atoms with E-state index < -0.39 is 5.97 Å². The monoisotopic (exact) mass is 411 g/mol. The third kappa shape index (κ3) is 4.46. The van der Waals surface area contributed by atoms with E-state index >= 15 is 0 Å². The minimum atomic E-state index is -0.919. The van der Waals surface area contributed by atoms with E-state index in [0.717, 1.165) is 61.5 Å². The molecule has 1 aromatic heterocycles. The SMILES string of the molecule is CCc1c(C)nc(N2CCN(Cc3ccc(C(=O)OC)cc3)CC2)c(C(=O)O)c1C. The predicted octanol–water partition coefficient (Wildman–Crippen LogP) is 3.07. The molecular formula is C23H29N3O4. The highest BCUT2D eigenvalue weighted by Gasteiger charge is 2.26. The normalized spacial score (nSPS) is 14.6. The van der Waals surface area contributed by atoms with Crippen molar-refractivity contribution < 1.29 is 19.4 Å². The van der Waals surface area contributed by atoms with Crippen LogP contribution < -0.4 is 4.90 Å².